The lowest BCUT2D eigenvalue weighted by Crippen LogP contribution is -2.24. The first-order valence-electron chi connectivity index (χ1n) is 7.89. The molecule has 26 heavy (non-hydrogen) atoms. The summed E-state index contributed by atoms with van der Waals surface area (Å²) in [6, 6.07) is 11.6. The van der Waals surface area contributed by atoms with Gasteiger partial charge in [-0.1, -0.05) is 30.3 Å². The molecule has 1 heterocycles. The molecule has 0 saturated heterocycles. The van der Waals surface area contributed by atoms with Crippen LogP contribution in [-0.4, -0.2) is 19.9 Å². The van der Waals surface area contributed by atoms with Crippen molar-refractivity contribution in [3.8, 4) is 5.75 Å². The Kier molecular flexibility index (Phi) is 4.63. The standard InChI is InChI=1S/C19H17F3N2O2/c1-23-18-15(17(25)16(24-18)11-6-4-3-5-7-11)12-8-13(19(20,21)22)10-14(9-12)26-2/h3-10,16,23-24H,1-2H3. The molecular weight excluding hydrogens is 345 g/mol. The summed E-state index contributed by atoms with van der Waals surface area (Å²) in [5.74, 6) is 0.112. The number of methoxy groups -OCH3 is 1. The summed E-state index contributed by atoms with van der Waals surface area (Å²) >= 11 is 0. The van der Waals surface area contributed by atoms with Crippen molar-refractivity contribution in [1.29, 1.82) is 0 Å². The van der Waals surface area contributed by atoms with Crippen molar-refractivity contribution >= 4 is 11.4 Å². The van der Waals surface area contributed by atoms with Crippen molar-refractivity contribution in [2.24, 2.45) is 0 Å². The molecule has 136 valence electrons. The summed E-state index contributed by atoms with van der Waals surface area (Å²) in [4.78, 5) is 13.0. The predicted molar refractivity (Wildman–Crippen MR) is 91.3 cm³/mol. The molecule has 3 rings (SSSR count). The van der Waals surface area contributed by atoms with Crippen LogP contribution in [0.15, 0.2) is 54.4 Å². The Morgan fingerprint density at radius 3 is 2.38 bits per heavy atom. The number of benzene rings is 2. The van der Waals surface area contributed by atoms with E-state index in [1.807, 2.05) is 6.07 Å². The molecule has 0 saturated carbocycles. The van der Waals surface area contributed by atoms with Gasteiger partial charge in [0.2, 0.25) is 0 Å². The number of carbonyl (C=O) groups excluding carboxylic acids is 1. The molecule has 7 heteroatoms. The topological polar surface area (TPSA) is 50.4 Å². The fraction of sp³-hybridized carbons (Fsp3) is 0.211. The molecule has 0 aromatic heterocycles. The molecule has 0 radical (unpaired) electrons. The molecule has 4 nitrogen and oxygen atoms in total. The molecule has 1 aliphatic heterocycles. The minimum Gasteiger partial charge on any atom is -0.497 e. The van der Waals surface area contributed by atoms with E-state index >= 15 is 0 Å². The number of hydrogen-bond acceptors (Lipinski definition) is 4. The van der Waals surface area contributed by atoms with Gasteiger partial charge in [-0.3, -0.25) is 4.79 Å². The fourth-order valence-corrected chi connectivity index (χ4v) is 2.94. The predicted octanol–water partition coefficient (Wildman–Crippen LogP) is 3.52. The van der Waals surface area contributed by atoms with Crippen LogP contribution >= 0.6 is 0 Å². The summed E-state index contributed by atoms with van der Waals surface area (Å²) in [5.41, 5.74) is 0.188. The summed E-state index contributed by atoms with van der Waals surface area (Å²) < 4.78 is 44.6. The number of hydrogen-bond donors (Lipinski definition) is 2. The second-order valence-corrected chi connectivity index (χ2v) is 5.80. The highest BCUT2D eigenvalue weighted by Crippen LogP contribution is 2.38. The Morgan fingerprint density at radius 1 is 1.12 bits per heavy atom. The van der Waals surface area contributed by atoms with E-state index in [4.69, 9.17) is 4.74 Å². The van der Waals surface area contributed by atoms with Gasteiger partial charge in [0.05, 0.1) is 18.2 Å². The van der Waals surface area contributed by atoms with E-state index in [9.17, 15) is 18.0 Å². The number of rotatable bonds is 4. The highest BCUT2D eigenvalue weighted by molar-refractivity contribution is 6.26. The number of carbonyl (C=O) groups is 1. The summed E-state index contributed by atoms with van der Waals surface area (Å²) in [6.07, 6.45) is -4.54. The first kappa shape index (κ1) is 17.8. The number of halogens is 3. The Hall–Kier alpha value is -2.96. The SMILES string of the molecule is CNC1=C(c2cc(OC)cc(C(F)(F)F)c2)C(=O)C(c2ccccc2)N1. The van der Waals surface area contributed by atoms with Crippen LogP contribution in [0.2, 0.25) is 0 Å². The lowest BCUT2D eigenvalue weighted by molar-refractivity contribution is -0.137. The second-order valence-electron chi connectivity index (χ2n) is 5.80. The number of Topliss-reactive ketones (excluding diaryl/α,β-unsaturated/α-hetero) is 1. The molecule has 1 aliphatic rings. The van der Waals surface area contributed by atoms with Gasteiger partial charge in [0.15, 0.2) is 5.78 Å². The van der Waals surface area contributed by atoms with Gasteiger partial charge in [0.1, 0.15) is 17.6 Å². The van der Waals surface area contributed by atoms with Gasteiger partial charge >= 0.3 is 6.18 Å². The lowest BCUT2D eigenvalue weighted by atomic mass is 9.95. The van der Waals surface area contributed by atoms with Crippen LogP contribution in [0, 0.1) is 0 Å². The summed E-state index contributed by atoms with van der Waals surface area (Å²) in [7, 11) is 2.89. The molecule has 0 fully saturated rings. The van der Waals surface area contributed by atoms with Crippen LogP contribution in [0.3, 0.4) is 0 Å². The van der Waals surface area contributed by atoms with Crippen molar-refractivity contribution in [3.63, 3.8) is 0 Å². The molecule has 0 amide bonds. The maximum absolute atomic E-state index is 13.2. The number of alkyl halides is 3. The number of nitrogens with one attached hydrogen (secondary N) is 2. The Morgan fingerprint density at radius 2 is 1.81 bits per heavy atom. The summed E-state index contributed by atoms with van der Waals surface area (Å²) in [5, 5.41) is 5.91. The second kappa shape index (κ2) is 6.74. The molecule has 2 aromatic carbocycles. The van der Waals surface area contributed by atoms with E-state index in [1.165, 1.54) is 13.2 Å². The molecule has 2 aromatic rings. The monoisotopic (exact) mass is 362 g/mol. The van der Waals surface area contributed by atoms with Gasteiger partial charge in [-0.25, -0.2) is 0 Å². The van der Waals surface area contributed by atoms with Crippen LogP contribution in [0.25, 0.3) is 5.57 Å². The van der Waals surface area contributed by atoms with Crippen molar-refractivity contribution in [2.45, 2.75) is 12.2 Å². The van der Waals surface area contributed by atoms with E-state index < -0.39 is 17.8 Å². The Balaban J connectivity index is 2.08. The minimum atomic E-state index is -4.54. The normalized spacial score (nSPS) is 17.3. The minimum absolute atomic E-state index is 0.0359. The average Bonchev–Trinajstić information content (AvgIpc) is 2.97. The zero-order chi connectivity index (χ0) is 18.9. The van der Waals surface area contributed by atoms with Gasteiger partial charge in [-0.2, -0.15) is 13.2 Å². The van der Waals surface area contributed by atoms with E-state index in [-0.39, 0.29) is 22.7 Å². The first-order chi connectivity index (χ1) is 12.3. The maximum Gasteiger partial charge on any atom is 0.416 e. The van der Waals surface area contributed by atoms with Gasteiger partial charge in [-0.05, 0) is 29.3 Å². The quantitative estimate of drug-likeness (QED) is 0.874. The molecule has 0 aliphatic carbocycles. The largest absolute Gasteiger partial charge is 0.497 e. The van der Waals surface area contributed by atoms with Crippen molar-refractivity contribution < 1.29 is 22.7 Å². The van der Waals surface area contributed by atoms with E-state index in [0.29, 0.717) is 5.82 Å². The van der Waals surface area contributed by atoms with Gasteiger partial charge < -0.3 is 15.4 Å². The third-order valence-corrected chi connectivity index (χ3v) is 4.19. The molecule has 0 bridgehead atoms. The number of ether oxygens (including phenoxy) is 1. The van der Waals surface area contributed by atoms with Gasteiger partial charge in [0, 0.05) is 7.05 Å². The van der Waals surface area contributed by atoms with Crippen LogP contribution in [0.1, 0.15) is 22.7 Å². The van der Waals surface area contributed by atoms with Crippen LogP contribution < -0.4 is 15.4 Å². The Labute approximate surface area is 148 Å². The molecule has 2 N–H and O–H groups in total. The van der Waals surface area contributed by atoms with Crippen molar-refractivity contribution in [1.82, 2.24) is 10.6 Å². The van der Waals surface area contributed by atoms with Crippen LogP contribution in [0.4, 0.5) is 13.2 Å². The number of ketones is 1. The van der Waals surface area contributed by atoms with E-state index in [1.54, 1.807) is 31.3 Å². The van der Waals surface area contributed by atoms with Crippen LogP contribution in [-0.2, 0) is 11.0 Å². The van der Waals surface area contributed by atoms with Crippen molar-refractivity contribution in [3.05, 3.63) is 71.0 Å². The van der Waals surface area contributed by atoms with E-state index in [2.05, 4.69) is 10.6 Å². The fourth-order valence-electron chi connectivity index (χ4n) is 2.94. The van der Waals surface area contributed by atoms with Crippen LogP contribution in [0.5, 0.6) is 5.75 Å². The smallest absolute Gasteiger partial charge is 0.416 e. The zero-order valence-electron chi connectivity index (χ0n) is 14.1. The van der Waals surface area contributed by atoms with Gasteiger partial charge in [0.25, 0.3) is 0 Å². The zero-order valence-corrected chi connectivity index (χ0v) is 14.1. The molecule has 0 spiro atoms. The average molecular weight is 362 g/mol. The third kappa shape index (κ3) is 3.24. The molecule has 1 atom stereocenters. The van der Waals surface area contributed by atoms with E-state index in [0.717, 1.165) is 17.7 Å². The Bertz CT molecular complexity index is 861. The molecular formula is C19H17F3N2O2. The van der Waals surface area contributed by atoms with Gasteiger partial charge in [-0.15, -0.1) is 0 Å². The maximum atomic E-state index is 13.2. The van der Waals surface area contributed by atoms with Crippen molar-refractivity contribution in [2.75, 3.05) is 14.2 Å². The third-order valence-electron chi connectivity index (χ3n) is 4.19. The lowest BCUT2D eigenvalue weighted by Gasteiger charge is -2.13. The molecule has 1 unspecified atom stereocenters. The summed E-state index contributed by atoms with van der Waals surface area (Å²) in [6.45, 7) is 0. The highest BCUT2D eigenvalue weighted by atomic mass is 19.4. The first-order valence-corrected chi connectivity index (χ1v) is 7.89. The highest BCUT2D eigenvalue weighted by Gasteiger charge is 2.37.